The van der Waals surface area contributed by atoms with Crippen molar-refractivity contribution in [1.29, 1.82) is 0 Å². The number of ether oxygens (including phenoxy) is 4. The third-order valence-electron chi connectivity index (χ3n) is 8.13. The summed E-state index contributed by atoms with van der Waals surface area (Å²) in [6.07, 6.45) is 2.20. The van der Waals surface area contributed by atoms with E-state index in [9.17, 15) is 0 Å². The summed E-state index contributed by atoms with van der Waals surface area (Å²) in [5.41, 5.74) is 1.82. The van der Waals surface area contributed by atoms with Crippen LogP contribution in [-0.4, -0.2) is 128 Å². The van der Waals surface area contributed by atoms with Gasteiger partial charge in [-0.3, -0.25) is 4.57 Å². The summed E-state index contributed by atoms with van der Waals surface area (Å²) in [6.45, 7) is 10.9. The molecule has 0 radical (unpaired) electrons. The molecule has 0 atom stereocenters. The van der Waals surface area contributed by atoms with Gasteiger partial charge in [-0.1, -0.05) is 18.2 Å². The maximum atomic E-state index is 15.4. The molecule has 1 aromatic heterocycles. The Morgan fingerprint density at radius 3 is 1.52 bits per heavy atom. The number of hydrogen-bond acceptors (Lipinski definition) is 6. The number of benzene rings is 1. The van der Waals surface area contributed by atoms with E-state index in [1.807, 2.05) is 25.2 Å². The highest BCUT2D eigenvalue weighted by molar-refractivity contribution is 7.70. The van der Waals surface area contributed by atoms with Gasteiger partial charge in [0.15, 0.2) is 0 Å². The van der Waals surface area contributed by atoms with Crippen molar-refractivity contribution in [3.63, 3.8) is 0 Å². The highest BCUT2D eigenvalue weighted by atomic mass is 31.2. The van der Waals surface area contributed by atoms with Crippen LogP contribution in [0.25, 0.3) is 0 Å². The first-order valence-corrected chi connectivity index (χ1v) is 17.7. The molecule has 0 saturated carbocycles. The van der Waals surface area contributed by atoms with Gasteiger partial charge in [0.2, 0.25) is 0 Å². The van der Waals surface area contributed by atoms with Gasteiger partial charge in [0.1, 0.15) is 12.8 Å². The van der Waals surface area contributed by atoms with Crippen LogP contribution in [0, 0.1) is 0 Å². The first kappa shape index (κ1) is 28.7. The van der Waals surface area contributed by atoms with Gasteiger partial charge in [0.25, 0.3) is 7.44 Å². The second kappa shape index (κ2) is 12.9. The van der Waals surface area contributed by atoms with Gasteiger partial charge in [-0.2, -0.15) is 0 Å². The van der Waals surface area contributed by atoms with Crippen molar-refractivity contribution >= 4 is 31.2 Å². The van der Waals surface area contributed by atoms with E-state index in [2.05, 4.69) is 47.6 Å². The van der Waals surface area contributed by atoms with Crippen molar-refractivity contribution in [2.45, 2.75) is 0 Å². The summed E-state index contributed by atoms with van der Waals surface area (Å²) in [4.78, 5) is 0. The van der Waals surface area contributed by atoms with Crippen LogP contribution in [0.5, 0.6) is 0 Å². The lowest BCUT2D eigenvalue weighted by molar-refractivity contribution is 0.0537. The van der Waals surface area contributed by atoms with Crippen molar-refractivity contribution in [2.24, 2.45) is 11.8 Å². The van der Waals surface area contributed by atoms with Crippen LogP contribution in [0.2, 0.25) is 0 Å². The Hall–Kier alpha value is -1.36. The van der Waals surface area contributed by atoms with Crippen LogP contribution in [0.3, 0.4) is 0 Å². The number of hydrogen-bond donors (Lipinski definition) is 0. The lowest BCUT2D eigenvalue weighted by Gasteiger charge is -2.46. The van der Waals surface area contributed by atoms with Gasteiger partial charge in [-0.15, -0.1) is 0 Å². The Labute approximate surface area is 237 Å². The molecule has 13 heteroatoms. The van der Waals surface area contributed by atoms with E-state index in [1.54, 1.807) is 0 Å². The topological polar surface area (TPSA) is 84.2 Å². The van der Waals surface area contributed by atoms with Crippen molar-refractivity contribution in [2.75, 3.05) is 105 Å². The Bertz CT molecular complexity index is 1180. The molecule has 4 saturated heterocycles. The minimum absolute atomic E-state index is 0.591. The van der Waals surface area contributed by atoms with Crippen LogP contribution in [0.1, 0.15) is 0 Å². The fraction of sp³-hybridized carbons (Fsp3) is 0.630. The molecule has 4 aliphatic rings. The average molecular weight is 593 g/mol. The minimum atomic E-state index is -3.11. The highest BCUT2D eigenvalue weighted by Crippen LogP contribution is 2.59. The molecule has 0 bridgehead atoms. The normalized spacial score (nSPS) is 23.3. The average Bonchev–Trinajstić information content (AvgIpc) is 3.44. The Morgan fingerprint density at radius 1 is 0.650 bits per heavy atom. The summed E-state index contributed by atoms with van der Waals surface area (Å²) in [6, 6.07) is 12.5. The van der Waals surface area contributed by atoms with Crippen LogP contribution in [-0.2, 0) is 30.6 Å². The Balaban J connectivity index is 1.53. The predicted octanol–water partition coefficient (Wildman–Crippen LogP) is 2.16. The summed E-state index contributed by atoms with van der Waals surface area (Å²) in [7, 11) is -3.54. The number of aromatic nitrogens is 1. The summed E-state index contributed by atoms with van der Waals surface area (Å²) < 4.78 is 55.6. The van der Waals surface area contributed by atoms with Gasteiger partial charge in [-0.05, 0) is 18.2 Å². The number of rotatable bonds is 7. The minimum Gasteiger partial charge on any atom is -0.379 e. The van der Waals surface area contributed by atoms with E-state index in [4.69, 9.17) is 23.7 Å². The zero-order valence-electron chi connectivity index (χ0n) is 23.5. The zero-order chi connectivity index (χ0) is 27.4. The summed E-state index contributed by atoms with van der Waals surface area (Å²) in [5, 5.41) is 1.14. The van der Waals surface area contributed by atoms with Crippen LogP contribution in [0.4, 0.5) is 5.69 Å². The molecule has 4 aliphatic heterocycles. The van der Waals surface area contributed by atoms with Gasteiger partial charge < -0.3 is 23.5 Å². The molecule has 4 fully saturated rings. The zero-order valence-corrected chi connectivity index (χ0v) is 25.3. The SMILES string of the molecule is Cn1cc(P(=Nc2ccccc2)(N2CCOCC2)N2CCOCC2)cc1P(=O)(N1CCOCC1)N1CCOCC1. The van der Waals surface area contributed by atoms with Crippen molar-refractivity contribution in [3.8, 4) is 0 Å². The van der Waals surface area contributed by atoms with Crippen LogP contribution in [0.15, 0.2) is 47.3 Å². The maximum absolute atomic E-state index is 15.4. The summed E-state index contributed by atoms with van der Waals surface area (Å²) >= 11 is 0. The third-order valence-corrected chi connectivity index (χ3v) is 15.3. The molecule has 0 aliphatic carbocycles. The molecule has 2 aromatic rings. The van der Waals surface area contributed by atoms with Gasteiger partial charge in [0, 0.05) is 70.9 Å². The lowest BCUT2D eigenvalue weighted by atomic mass is 10.3. The monoisotopic (exact) mass is 592 g/mol. The van der Waals surface area contributed by atoms with Crippen molar-refractivity contribution < 1.29 is 23.5 Å². The molecule has 6 rings (SSSR count). The molecule has 5 heterocycles. The first-order chi connectivity index (χ1) is 19.6. The first-order valence-electron chi connectivity index (χ1n) is 14.4. The molecular weight excluding hydrogens is 550 g/mol. The number of nitrogens with zero attached hydrogens (tertiary/aromatic N) is 6. The highest BCUT2D eigenvalue weighted by Gasteiger charge is 2.45. The molecule has 11 nitrogen and oxygen atoms in total. The van der Waals surface area contributed by atoms with Crippen LogP contribution < -0.4 is 10.7 Å². The Morgan fingerprint density at radius 2 is 1.07 bits per heavy atom. The molecule has 40 heavy (non-hydrogen) atoms. The largest absolute Gasteiger partial charge is 0.379 e. The molecule has 0 spiro atoms. The van der Waals surface area contributed by atoms with E-state index >= 15 is 4.57 Å². The van der Waals surface area contributed by atoms with E-state index in [1.165, 1.54) is 0 Å². The van der Waals surface area contributed by atoms with Crippen molar-refractivity contribution in [3.05, 3.63) is 42.6 Å². The molecule has 220 valence electrons. The van der Waals surface area contributed by atoms with Gasteiger partial charge >= 0.3 is 0 Å². The van der Waals surface area contributed by atoms with E-state index in [0.29, 0.717) is 79.0 Å². The lowest BCUT2D eigenvalue weighted by Crippen LogP contribution is -2.47. The molecule has 1 aromatic carbocycles. The molecule has 0 unspecified atom stereocenters. The predicted molar refractivity (Wildman–Crippen MR) is 157 cm³/mol. The smallest absolute Gasteiger partial charge is 0.262 e. The van der Waals surface area contributed by atoms with E-state index < -0.39 is 14.8 Å². The number of aryl methyl sites for hydroxylation is 1. The standard InChI is InChI=1S/C27H42N6O5P2/c1-29-24-26(23-27(29)40(34,32-11-19-37-20-12-32)33-13-21-38-22-14-33)39(30-7-15-35-16-8-30,31-9-17-36-18-10-31)28-25-5-3-2-4-6-25/h2-6,23-24H,7-22H2,1H3. The summed E-state index contributed by atoms with van der Waals surface area (Å²) in [5.74, 6) is 0. The quantitative estimate of drug-likeness (QED) is 0.450. The number of morpholine rings is 4. The second-order valence-electron chi connectivity index (χ2n) is 10.5. The third kappa shape index (κ3) is 5.54. The second-order valence-corrected chi connectivity index (χ2v) is 16.1. The maximum Gasteiger partial charge on any atom is 0.262 e. The molecule has 0 amide bonds. The fourth-order valence-electron chi connectivity index (χ4n) is 6.12. The van der Waals surface area contributed by atoms with E-state index in [-0.39, 0.29) is 0 Å². The van der Waals surface area contributed by atoms with E-state index in [0.717, 1.165) is 42.6 Å². The van der Waals surface area contributed by atoms with Gasteiger partial charge in [-0.25, -0.2) is 23.4 Å². The van der Waals surface area contributed by atoms with Gasteiger partial charge in [0.05, 0.1) is 58.5 Å². The fourth-order valence-corrected chi connectivity index (χ4v) is 13.2. The molecular formula is C27H42N6O5P2. The molecule has 0 N–H and O–H groups in total. The van der Waals surface area contributed by atoms with Crippen LogP contribution >= 0.6 is 14.8 Å². The Kier molecular flexibility index (Phi) is 9.25. The van der Waals surface area contributed by atoms with Crippen molar-refractivity contribution in [1.82, 2.24) is 23.2 Å².